The summed E-state index contributed by atoms with van der Waals surface area (Å²) in [7, 11) is 0. The third-order valence-electron chi connectivity index (χ3n) is 2.99. The second-order valence-electron chi connectivity index (χ2n) is 3.91. The van der Waals surface area contributed by atoms with Crippen molar-refractivity contribution in [2.45, 2.75) is 13.0 Å². The van der Waals surface area contributed by atoms with Gasteiger partial charge in [-0.05, 0) is 12.1 Å². The molecule has 0 unspecified atom stereocenters. The van der Waals surface area contributed by atoms with Gasteiger partial charge in [0.1, 0.15) is 5.71 Å². The first-order chi connectivity index (χ1) is 8.22. The summed E-state index contributed by atoms with van der Waals surface area (Å²) >= 11 is 0. The first-order valence-electron chi connectivity index (χ1n) is 5.19. The van der Waals surface area contributed by atoms with Gasteiger partial charge in [-0.1, -0.05) is 11.2 Å². The van der Waals surface area contributed by atoms with Gasteiger partial charge in [0.15, 0.2) is 0 Å². The SMILES string of the molecule is O=C1/C(=N/O)CCn2c(=O)[nH]c3cccc1c32. The smallest absolute Gasteiger partial charge is 0.326 e. The van der Waals surface area contributed by atoms with Crippen LogP contribution in [0.1, 0.15) is 16.8 Å². The first kappa shape index (κ1) is 9.83. The van der Waals surface area contributed by atoms with E-state index in [4.69, 9.17) is 5.21 Å². The van der Waals surface area contributed by atoms with E-state index in [0.29, 0.717) is 23.1 Å². The van der Waals surface area contributed by atoms with E-state index in [1.54, 1.807) is 18.2 Å². The maximum absolute atomic E-state index is 12.0. The van der Waals surface area contributed by atoms with E-state index in [2.05, 4.69) is 10.1 Å². The first-order valence-corrected chi connectivity index (χ1v) is 5.19. The predicted octanol–water partition coefficient (Wildman–Crippen LogP) is 0.746. The third kappa shape index (κ3) is 1.24. The Morgan fingerprint density at radius 2 is 2.18 bits per heavy atom. The molecule has 17 heavy (non-hydrogen) atoms. The van der Waals surface area contributed by atoms with E-state index < -0.39 is 0 Å². The number of carbonyl (C=O) groups is 1. The Morgan fingerprint density at radius 1 is 1.35 bits per heavy atom. The van der Waals surface area contributed by atoms with E-state index in [1.165, 1.54) is 4.57 Å². The number of benzene rings is 1. The summed E-state index contributed by atoms with van der Waals surface area (Å²) in [4.78, 5) is 26.4. The summed E-state index contributed by atoms with van der Waals surface area (Å²) in [5.74, 6) is -0.330. The summed E-state index contributed by atoms with van der Waals surface area (Å²) in [6.45, 7) is 0.334. The van der Waals surface area contributed by atoms with Crippen molar-refractivity contribution >= 4 is 22.5 Å². The molecule has 1 aliphatic rings. The number of aromatic amines is 1. The lowest BCUT2D eigenvalue weighted by atomic mass is 10.1. The standard InChI is InChI=1S/C11H9N3O3/c15-10-6-2-1-3-7-9(6)14(11(16)12-7)5-4-8(10)13-17/h1-3,17H,4-5H2,(H,12,16)/b13-8+. The van der Waals surface area contributed by atoms with E-state index in [9.17, 15) is 9.59 Å². The van der Waals surface area contributed by atoms with Crippen molar-refractivity contribution in [3.63, 3.8) is 0 Å². The number of rotatable bonds is 0. The summed E-state index contributed by atoms with van der Waals surface area (Å²) in [5.41, 5.74) is 1.44. The molecule has 1 aromatic heterocycles. The predicted molar refractivity (Wildman–Crippen MR) is 60.7 cm³/mol. The van der Waals surface area contributed by atoms with Gasteiger partial charge in [0.25, 0.3) is 0 Å². The number of H-pyrrole nitrogens is 1. The van der Waals surface area contributed by atoms with Crippen LogP contribution in [0.3, 0.4) is 0 Å². The molecule has 6 nitrogen and oxygen atoms in total. The third-order valence-corrected chi connectivity index (χ3v) is 2.99. The molecule has 2 aromatic rings. The van der Waals surface area contributed by atoms with Crippen molar-refractivity contribution in [1.29, 1.82) is 0 Å². The van der Waals surface area contributed by atoms with Crippen molar-refractivity contribution in [2.75, 3.05) is 0 Å². The Labute approximate surface area is 95.2 Å². The fourth-order valence-electron chi connectivity index (χ4n) is 2.20. The molecule has 0 aliphatic carbocycles. The van der Waals surface area contributed by atoms with Gasteiger partial charge in [0.05, 0.1) is 11.0 Å². The molecular formula is C11H9N3O3. The van der Waals surface area contributed by atoms with E-state index >= 15 is 0 Å². The molecule has 2 N–H and O–H groups in total. The number of imidazole rings is 1. The molecule has 0 spiro atoms. The molecule has 0 atom stereocenters. The Balaban J connectivity index is 2.44. The molecule has 0 amide bonds. The molecule has 0 bridgehead atoms. The van der Waals surface area contributed by atoms with Gasteiger partial charge in [-0.3, -0.25) is 9.36 Å². The average Bonchev–Trinajstić information content (AvgIpc) is 2.56. The normalized spacial score (nSPS) is 17.6. The molecule has 2 heterocycles. The van der Waals surface area contributed by atoms with Crippen LogP contribution in [0.15, 0.2) is 28.1 Å². The minimum atomic E-state index is -0.330. The molecular weight excluding hydrogens is 222 g/mol. The molecule has 0 saturated heterocycles. The van der Waals surface area contributed by atoms with Crippen LogP contribution in [0, 0.1) is 0 Å². The fourth-order valence-corrected chi connectivity index (χ4v) is 2.20. The largest absolute Gasteiger partial charge is 0.411 e. The van der Waals surface area contributed by atoms with Gasteiger partial charge >= 0.3 is 5.69 Å². The number of aromatic nitrogens is 2. The highest BCUT2D eigenvalue weighted by Crippen LogP contribution is 2.20. The van der Waals surface area contributed by atoms with E-state index in [0.717, 1.165) is 0 Å². The Kier molecular flexibility index (Phi) is 1.91. The van der Waals surface area contributed by atoms with Crippen LogP contribution in [0.4, 0.5) is 0 Å². The highest BCUT2D eigenvalue weighted by atomic mass is 16.4. The number of Topliss-reactive ketones (excluding diaryl/α,β-unsaturated/α-hetero) is 1. The number of oxime groups is 1. The lowest BCUT2D eigenvalue weighted by molar-refractivity contribution is 0.106. The van der Waals surface area contributed by atoms with Crippen molar-refractivity contribution in [3.05, 3.63) is 34.2 Å². The molecule has 6 heteroatoms. The highest BCUT2D eigenvalue weighted by Gasteiger charge is 2.24. The molecule has 1 aromatic carbocycles. The lowest BCUT2D eigenvalue weighted by Crippen LogP contribution is -2.18. The summed E-state index contributed by atoms with van der Waals surface area (Å²) < 4.78 is 1.50. The Bertz CT molecular complexity index is 708. The molecule has 86 valence electrons. The number of hydrogen-bond acceptors (Lipinski definition) is 4. The van der Waals surface area contributed by atoms with Gasteiger partial charge in [0, 0.05) is 18.5 Å². The fraction of sp³-hybridized carbons (Fsp3) is 0.182. The Hall–Kier alpha value is -2.37. The minimum Gasteiger partial charge on any atom is -0.411 e. The second kappa shape index (κ2) is 3.31. The number of para-hydroxylation sites is 1. The minimum absolute atomic E-state index is 0.0839. The van der Waals surface area contributed by atoms with E-state index in [1.807, 2.05) is 0 Å². The number of carbonyl (C=O) groups excluding carboxylic acids is 1. The Morgan fingerprint density at radius 3 is 2.94 bits per heavy atom. The molecule has 3 rings (SSSR count). The van der Waals surface area contributed by atoms with E-state index in [-0.39, 0.29) is 23.6 Å². The van der Waals surface area contributed by atoms with Gasteiger partial charge in [-0.2, -0.15) is 0 Å². The number of nitrogens with zero attached hydrogens (tertiary/aromatic N) is 2. The monoisotopic (exact) mass is 231 g/mol. The average molecular weight is 231 g/mol. The second-order valence-corrected chi connectivity index (χ2v) is 3.91. The number of aryl methyl sites for hydroxylation is 1. The molecule has 0 radical (unpaired) electrons. The van der Waals surface area contributed by atoms with Crippen LogP contribution in [0.25, 0.3) is 11.0 Å². The van der Waals surface area contributed by atoms with Crippen LogP contribution < -0.4 is 5.69 Å². The highest BCUT2D eigenvalue weighted by molar-refractivity contribution is 6.47. The molecule has 1 aliphatic heterocycles. The van der Waals surface area contributed by atoms with Crippen LogP contribution in [0.2, 0.25) is 0 Å². The topological polar surface area (TPSA) is 87.4 Å². The number of hydrogen-bond donors (Lipinski definition) is 2. The van der Waals surface area contributed by atoms with Gasteiger partial charge in [-0.25, -0.2) is 4.79 Å². The zero-order valence-electron chi connectivity index (χ0n) is 8.80. The van der Waals surface area contributed by atoms with Crippen LogP contribution in [0.5, 0.6) is 0 Å². The molecule has 0 saturated carbocycles. The van der Waals surface area contributed by atoms with Crippen LogP contribution in [-0.2, 0) is 6.54 Å². The van der Waals surface area contributed by atoms with Gasteiger partial charge in [-0.15, -0.1) is 0 Å². The number of ketones is 1. The van der Waals surface area contributed by atoms with Crippen molar-refractivity contribution in [3.8, 4) is 0 Å². The van der Waals surface area contributed by atoms with Crippen LogP contribution >= 0.6 is 0 Å². The maximum Gasteiger partial charge on any atom is 0.326 e. The van der Waals surface area contributed by atoms with Crippen molar-refractivity contribution in [2.24, 2.45) is 5.16 Å². The lowest BCUT2D eigenvalue weighted by Gasteiger charge is -1.99. The zero-order chi connectivity index (χ0) is 12.0. The van der Waals surface area contributed by atoms with Crippen LogP contribution in [-0.4, -0.2) is 26.3 Å². The zero-order valence-corrected chi connectivity index (χ0v) is 8.80. The summed E-state index contributed by atoms with van der Waals surface area (Å²) in [5, 5.41) is 11.8. The van der Waals surface area contributed by atoms with Crippen molar-refractivity contribution < 1.29 is 10.0 Å². The van der Waals surface area contributed by atoms with Gasteiger partial charge in [0.2, 0.25) is 5.78 Å². The molecule has 0 fully saturated rings. The van der Waals surface area contributed by atoms with Crippen molar-refractivity contribution in [1.82, 2.24) is 9.55 Å². The van der Waals surface area contributed by atoms with Gasteiger partial charge < -0.3 is 10.2 Å². The summed E-state index contributed by atoms with van der Waals surface area (Å²) in [6.07, 6.45) is 0.247. The summed E-state index contributed by atoms with van der Waals surface area (Å²) in [6, 6.07) is 5.06. The maximum atomic E-state index is 12.0. The number of nitrogens with one attached hydrogen (secondary N) is 1. The quantitative estimate of drug-likeness (QED) is 0.518.